The highest BCUT2D eigenvalue weighted by atomic mass is 32.2. The minimum atomic E-state index is -3.59. The molecule has 1 aliphatic rings. The average Bonchev–Trinajstić information content (AvgIpc) is 3.39. The van der Waals surface area contributed by atoms with E-state index in [-0.39, 0.29) is 16.8 Å². The van der Waals surface area contributed by atoms with Crippen LogP contribution in [0.2, 0.25) is 0 Å². The van der Waals surface area contributed by atoms with Gasteiger partial charge in [-0.15, -0.1) is 11.3 Å². The van der Waals surface area contributed by atoms with Gasteiger partial charge < -0.3 is 0 Å². The van der Waals surface area contributed by atoms with Crippen molar-refractivity contribution >= 4 is 32.4 Å². The van der Waals surface area contributed by atoms with Crippen LogP contribution < -0.4 is 5.32 Å². The van der Waals surface area contributed by atoms with E-state index in [4.69, 9.17) is 4.98 Å². The maximum atomic E-state index is 13.3. The van der Waals surface area contributed by atoms with Crippen molar-refractivity contribution in [2.45, 2.75) is 63.3 Å². The lowest BCUT2D eigenvalue weighted by Gasteiger charge is -2.34. The molecule has 2 heterocycles. The van der Waals surface area contributed by atoms with Gasteiger partial charge in [0.2, 0.25) is 10.0 Å². The van der Waals surface area contributed by atoms with Crippen LogP contribution in [0, 0.1) is 0 Å². The minimum absolute atomic E-state index is 0.0349. The SMILES string of the molecule is CCCc1sc(NC(=O)c2ccc(S(=O)(=O)N3CCCCC3CC)cc2)nc1-c1ccc(-c2ccccc2)cc1. The number of nitrogens with one attached hydrogen (secondary N) is 1. The molecular formula is C32H35N3O3S2. The van der Waals surface area contributed by atoms with Crippen molar-refractivity contribution in [2.24, 2.45) is 0 Å². The van der Waals surface area contributed by atoms with Crippen molar-refractivity contribution in [2.75, 3.05) is 11.9 Å². The standard InChI is InChI=1S/C32H35N3O3S2/c1-3-10-29-30(25-16-14-24(15-17-25)23-11-6-5-7-12-23)33-32(39-29)34-31(36)26-18-20-28(21-19-26)40(37,38)35-22-9-8-13-27(35)4-2/h5-7,11-12,14-21,27H,3-4,8-10,13,22H2,1-2H3,(H,33,34,36). The average molecular weight is 574 g/mol. The molecule has 1 amide bonds. The number of aromatic nitrogens is 1. The number of rotatable bonds is 9. The van der Waals surface area contributed by atoms with Gasteiger partial charge in [0.05, 0.1) is 10.6 Å². The van der Waals surface area contributed by atoms with Gasteiger partial charge >= 0.3 is 0 Å². The number of piperidine rings is 1. The molecule has 0 radical (unpaired) electrons. The van der Waals surface area contributed by atoms with Crippen molar-refractivity contribution in [1.82, 2.24) is 9.29 Å². The number of sulfonamides is 1. The molecule has 5 rings (SSSR count). The molecule has 1 aliphatic heterocycles. The Balaban J connectivity index is 1.32. The fourth-order valence-corrected chi connectivity index (χ4v) is 8.11. The van der Waals surface area contributed by atoms with Gasteiger partial charge in [-0.25, -0.2) is 13.4 Å². The van der Waals surface area contributed by atoms with Crippen LogP contribution >= 0.6 is 11.3 Å². The summed E-state index contributed by atoms with van der Waals surface area (Å²) >= 11 is 1.49. The largest absolute Gasteiger partial charge is 0.298 e. The van der Waals surface area contributed by atoms with E-state index in [9.17, 15) is 13.2 Å². The molecule has 1 fully saturated rings. The van der Waals surface area contributed by atoms with Crippen LogP contribution in [0.5, 0.6) is 0 Å². The zero-order chi connectivity index (χ0) is 28.1. The molecule has 1 atom stereocenters. The summed E-state index contributed by atoms with van der Waals surface area (Å²) in [5, 5.41) is 3.46. The van der Waals surface area contributed by atoms with Crippen LogP contribution in [0.25, 0.3) is 22.4 Å². The van der Waals surface area contributed by atoms with Crippen molar-refractivity contribution in [1.29, 1.82) is 0 Å². The van der Waals surface area contributed by atoms with Gasteiger partial charge in [0.15, 0.2) is 5.13 Å². The van der Waals surface area contributed by atoms with E-state index in [2.05, 4.69) is 48.6 Å². The Kier molecular flexibility index (Phi) is 8.78. The molecule has 1 N–H and O–H groups in total. The highest BCUT2D eigenvalue weighted by Crippen LogP contribution is 2.34. The second-order valence-corrected chi connectivity index (χ2v) is 13.1. The van der Waals surface area contributed by atoms with Crippen molar-refractivity contribution in [3.8, 4) is 22.4 Å². The molecule has 3 aromatic carbocycles. The molecule has 1 saturated heterocycles. The number of hydrogen-bond donors (Lipinski definition) is 1. The van der Waals surface area contributed by atoms with E-state index in [1.165, 1.54) is 23.5 Å². The molecular weight excluding hydrogens is 539 g/mol. The smallest absolute Gasteiger partial charge is 0.257 e. The summed E-state index contributed by atoms with van der Waals surface area (Å²) in [6.45, 7) is 4.70. The number of carbonyl (C=O) groups excluding carboxylic acids is 1. The maximum Gasteiger partial charge on any atom is 0.257 e. The Morgan fingerprint density at radius 3 is 2.27 bits per heavy atom. The van der Waals surface area contributed by atoms with Crippen LogP contribution in [0.15, 0.2) is 83.8 Å². The summed E-state index contributed by atoms with van der Waals surface area (Å²) < 4.78 is 28.2. The van der Waals surface area contributed by atoms with E-state index in [1.54, 1.807) is 16.4 Å². The lowest BCUT2D eigenvalue weighted by Crippen LogP contribution is -2.43. The molecule has 1 aromatic heterocycles. The molecule has 6 nitrogen and oxygen atoms in total. The fraction of sp³-hybridized carbons (Fsp3) is 0.312. The molecule has 4 aromatic rings. The second-order valence-electron chi connectivity index (χ2n) is 10.1. The Bertz CT molecular complexity index is 1550. The first kappa shape index (κ1) is 28.2. The monoisotopic (exact) mass is 573 g/mol. The summed E-state index contributed by atoms with van der Waals surface area (Å²) in [5.41, 5.74) is 4.59. The second kappa shape index (κ2) is 12.5. The minimum Gasteiger partial charge on any atom is -0.298 e. The zero-order valence-corrected chi connectivity index (χ0v) is 24.6. The Morgan fingerprint density at radius 2 is 1.60 bits per heavy atom. The van der Waals surface area contributed by atoms with Gasteiger partial charge in [0, 0.05) is 28.6 Å². The predicted molar refractivity (Wildman–Crippen MR) is 163 cm³/mol. The number of carbonyl (C=O) groups is 1. The normalized spacial score (nSPS) is 16.1. The first-order valence-electron chi connectivity index (χ1n) is 14.0. The van der Waals surface area contributed by atoms with Gasteiger partial charge in [-0.2, -0.15) is 4.31 Å². The molecule has 8 heteroatoms. The first-order chi connectivity index (χ1) is 19.4. The number of benzene rings is 3. The van der Waals surface area contributed by atoms with Crippen LogP contribution in [0.3, 0.4) is 0 Å². The quantitative estimate of drug-likeness (QED) is 0.223. The van der Waals surface area contributed by atoms with Gasteiger partial charge in [0.1, 0.15) is 0 Å². The van der Waals surface area contributed by atoms with Gasteiger partial charge in [0.25, 0.3) is 5.91 Å². The van der Waals surface area contributed by atoms with Crippen LogP contribution in [-0.2, 0) is 16.4 Å². The molecule has 0 aliphatic carbocycles. The van der Waals surface area contributed by atoms with Crippen LogP contribution in [0.4, 0.5) is 5.13 Å². The Morgan fingerprint density at radius 1 is 0.925 bits per heavy atom. The summed E-state index contributed by atoms with van der Waals surface area (Å²) in [6, 6.07) is 24.9. The Labute approximate surface area is 241 Å². The first-order valence-corrected chi connectivity index (χ1v) is 16.2. The maximum absolute atomic E-state index is 13.3. The predicted octanol–water partition coefficient (Wildman–Crippen LogP) is 7.64. The summed E-state index contributed by atoms with van der Waals surface area (Å²) in [4.78, 5) is 19.2. The molecule has 208 valence electrons. The van der Waals surface area contributed by atoms with Crippen molar-refractivity contribution in [3.63, 3.8) is 0 Å². The molecule has 0 saturated carbocycles. The number of thiazole rings is 1. The van der Waals surface area contributed by atoms with E-state index < -0.39 is 10.0 Å². The Hall–Kier alpha value is -3.33. The van der Waals surface area contributed by atoms with E-state index >= 15 is 0 Å². The van der Waals surface area contributed by atoms with Crippen molar-refractivity contribution < 1.29 is 13.2 Å². The van der Waals surface area contributed by atoms with E-state index in [0.29, 0.717) is 17.2 Å². The number of nitrogens with zero attached hydrogens (tertiary/aromatic N) is 2. The topological polar surface area (TPSA) is 79.4 Å². The molecule has 40 heavy (non-hydrogen) atoms. The molecule has 0 spiro atoms. The summed E-state index contributed by atoms with van der Waals surface area (Å²) in [6.07, 6.45) is 5.46. The highest BCUT2D eigenvalue weighted by molar-refractivity contribution is 7.89. The van der Waals surface area contributed by atoms with Gasteiger partial charge in [-0.3, -0.25) is 10.1 Å². The van der Waals surface area contributed by atoms with Gasteiger partial charge in [-0.05, 0) is 61.1 Å². The van der Waals surface area contributed by atoms with Gasteiger partial charge in [-0.1, -0.05) is 81.3 Å². The fourth-order valence-electron chi connectivity index (χ4n) is 5.26. The summed E-state index contributed by atoms with van der Waals surface area (Å²) in [5.74, 6) is -0.309. The summed E-state index contributed by atoms with van der Waals surface area (Å²) in [7, 11) is -3.59. The number of hydrogen-bond acceptors (Lipinski definition) is 5. The molecule has 0 bridgehead atoms. The number of aryl methyl sites for hydroxylation is 1. The number of anilines is 1. The molecule has 1 unspecified atom stereocenters. The van der Waals surface area contributed by atoms with Crippen molar-refractivity contribution in [3.05, 3.63) is 89.3 Å². The van der Waals surface area contributed by atoms with Crippen LogP contribution in [-0.4, -0.2) is 36.2 Å². The lowest BCUT2D eigenvalue weighted by atomic mass is 10.0. The van der Waals surface area contributed by atoms with E-state index in [0.717, 1.165) is 65.8 Å². The third kappa shape index (κ3) is 6.04. The number of amides is 1. The lowest BCUT2D eigenvalue weighted by molar-refractivity contribution is 0.102. The highest BCUT2D eigenvalue weighted by Gasteiger charge is 2.32. The van der Waals surface area contributed by atoms with E-state index in [1.807, 2.05) is 25.1 Å². The zero-order valence-electron chi connectivity index (χ0n) is 23.0. The third-order valence-corrected chi connectivity index (χ3v) is 10.4. The third-order valence-electron chi connectivity index (χ3n) is 7.43. The van der Waals surface area contributed by atoms with Crippen LogP contribution in [0.1, 0.15) is 61.2 Å².